The SMILES string of the molecule is CCOC(=O)[C@H]1CCN(C(=O)c2nn(-c3ccc(F)cc3)c3c2CCC3)c2ccccc21. The zero-order chi connectivity index (χ0) is 22.2. The largest absolute Gasteiger partial charge is 0.466 e. The van der Waals surface area contributed by atoms with Crippen LogP contribution in [-0.2, 0) is 22.4 Å². The average molecular weight is 433 g/mol. The molecule has 6 nitrogen and oxygen atoms in total. The smallest absolute Gasteiger partial charge is 0.313 e. The van der Waals surface area contributed by atoms with Crippen molar-refractivity contribution in [2.24, 2.45) is 0 Å². The van der Waals surface area contributed by atoms with Crippen LogP contribution in [0.1, 0.15) is 53.0 Å². The predicted molar refractivity (Wildman–Crippen MR) is 118 cm³/mol. The number of para-hydroxylation sites is 1. The third-order valence-corrected chi connectivity index (χ3v) is 6.26. The first-order valence-electron chi connectivity index (χ1n) is 11.0. The van der Waals surface area contributed by atoms with Gasteiger partial charge in [-0.15, -0.1) is 0 Å². The van der Waals surface area contributed by atoms with E-state index in [4.69, 9.17) is 4.74 Å². The fraction of sp³-hybridized carbons (Fsp3) is 0.320. The number of carbonyl (C=O) groups excluding carboxylic acids is 2. The van der Waals surface area contributed by atoms with Gasteiger partial charge in [-0.2, -0.15) is 5.10 Å². The van der Waals surface area contributed by atoms with E-state index in [1.165, 1.54) is 12.1 Å². The van der Waals surface area contributed by atoms with Crippen LogP contribution in [0.5, 0.6) is 0 Å². The van der Waals surface area contributed by atoms with Gasteiger partial charge in [0, 0.05) is 23.5 Å². The summed E-state index contributed by atoms with van der Waals surface area (Å²) in [7, 11) is 0. The molecule has 0 spiro atoms. The van der Waals surface area contributed by atoms with Crippen molar-refractivity contribution in [1.82, 2.24) is 9.78 Å². The minimum absolute atomic E-state index is 0.168. The molecular weight excluding hydrogens is 409 g/mol. The van der Waals surface area contributed by atoms with E-state index in [9.17, 15) is 14.0 Å². The number of hydrogen-bond acceptors (Lipinski definition) is 4. The lowest BCUT2D eigenvalue weighted by molar-refractivity contribution is -0.145. The third-order valence-electron chi connectivity index (χ3n) is 6.26. The van der Waals surface area contributed by atoms with Gasteiger partial charge in [0.2, 0.25) is 0 Å². The van der Waals surface area contributed by atoms with E-state index in [1.807, 2.05) is 24.3 Å². The predicted octanol–water partition coefficient (Wildman–Crippen LogP) is 4.20. The van der Waals surface area contributed by atoms with Gasteiger partial charge in [-0.3, -0.25) is 9.59 Å². The Kier molecular flexibility index (Phi) is 5.25. The zero-order valence-corrected chi connectivity index (χ0v) is 17.9. The highest BCUT2D eigenvalue weighted by molar-refractivity contribution is 6.07. The molecule has 1 aliphatic carbocycles. The molecule has 0 saturated carbocycles. The number of benzene rings is 2. The van der Waals surface area contributed by atoms with E-state index in [2.05, 4.69) is 5.10 Å². The number of anilines is 1. The van der Waals surface area contributed by atoms with E-state index in [-0.39, 0.29) is 23.6 Å². The highest BCUT2D eigenvalue weighted by Crippen LogP contribution is 2.38. The van der Waals surface area contributed by atoms with Crippen LogP contribution in [0.2, 0.25) is 0 Å². The number of hydrogen-bond donors (Lipinski definition) is 0. The Morgan fingerprint density at radius 1 is 1.12 bits per heavy atom. The Morgan fingerprint density at radius 2 is 1.91 bits per heavy atom. The van der Waals surface area contributed by atoms with Crippen LogP contribution in [0, 0.1) is 5.82 Å². The molecule has 164 valence electrons. The molecule has 0 N–H and O–H groups in total. The Balaban J connectivity index is 1.52. The van der Waals surface area contributed by atoms with Crippen LogP contribution in [0.4, 0.5) is 10.1 Å². The molecule has 0 radical (unpaired) electrons. The number of nitrogens with zero attached hydrogens (tertiary/aromatic N) is 3. The highest BCUT2D eigenvalue weighted by atomic mass is 19.1. The summed E-state index contributed by atoms with van der Waals surface area (Å²) in [6.45, 7) is 2.53. The van der Waals surface area contributed by atoms with Gasteiger partial charge in [-0.1, -0.05) is 18.2 Å². The molecule has 1 aliphatic heterocycles. The summed E-state index contributed by atoms with van der Waals surface area (Å²) in [5.41, 5.74) is 4.68. The molecule has 3 aromatic rings. The molecule has 1 amide bonds. The number of aromatic nitrogens is 2. The van der Waals surface area contributed by atoms with Gasteiger partial charge in [-0.25, -0.2) is 9.07 Å². The van der Waals surface area contributed by atoms with Crippen LogP contribution in [0.3, 0.4) is 0 Å². The first-order valence-corrected chi connectivity index (χ1v) is 11.0. The Hall–Kier alpha value is -3.48. The van der Waals surface area contributed by atoms with Crippen LogP contribution < -0.4 is 4.90 Å². The van der Waals surface area contributed by atoms with Gasteiger partial charge in [0.15, 0.2) is 5.69 Å². The van der Waals surface area contributed by atoms with E-state index >= 15 is 0 Å². The van der Waals surface area contributed by atoms with Crippen molar-refractivity contribution >= 4 is 17.6 Å². The second-order valence-corrected chi connectivity index (χ2v) is 8.12. The summed E-state index contributed by atoms with van der Waals surface area (Å²) in [6.07, 6.45) is 3.08. The highest BCUT2D eigenvalue weighted by Gasteiger charge is 2.36. The van der Waals surface area contributed by atoms with Gasteiger partial charge in [0.05, 0.1) is 18.2 Å². The van der Waals surface area contributed by atoms with Crippen molar-refractivity contribution in [3.8, 4) is 5.69 Å². The molecule has 2 heterocycles. The number of rotatable bonds is 4. The van der Waals surface area contributed by atoms with Crippen molar-refractivity contribution in [3.63, 3.8) is 0 Å². The number of ether oxygens (including phenoxy) is 1. The van der Waals surface area contributed by atoms with Gasteiger partial charge in [-0.05, 0) is 68.5 Å². The second kappa shape index (κ2) is 8.22. The Labute approximate surface area is 185 Å². The van der Waals surface area contributed by atoms with Gasteiger partial charge in [0.1, 0.15) is 5.82 Å². The molecule has 0 fully saturated rings. The maximum absolute atomic E-state index is 13.7. The maximum Gasteiger partial charge on any atom is 0.313 e. The standard InChI is InChI=1S/C25H24FN3O3/c1-2-32-25(31)19-14-15-28(21-8-4-3-6-18(19)21)24(30)23-20-7-5-9-22(20)29(27-23)17-12-10-16(26)11-13-17/h3-4,6,8,10-13,19H,2,5,7,9,14-15H2,1H3/t19-/m0/s1. The number of carbonyl (C=O) groups is 2. The summed E-state index contributed by atoms with van der Waals surface area (Å²) >= 11 is 0. The van der Waals surface area contributed by atoms with Crippen molar-refractivity contribution in [1.29, 1.82) is 0 Å². The minimum atomic E-state index is -0.377. The summed E-state index contributed by atoms with van der Waals surface area (Å²) in [4.78, 5) is 27.9. The molecular formula is C25H24FN3O3. The van der Waals surface area contributed by atoms with E-state index < -0.39 is 0 Å². The third kappa shape index (κ3) is 3.38. The monoisotopic (exact) mass is 433 g/mol. The second-order valence-electron chi connectivity index (χ2n) is 8.12. The van der Waals surface area contributed by atoms with Crippen molar-refractivity contribution in [3.05, 3.63) is 76.9 Å². The topological polar surface area (TPSA) is 64.4 Å². The summed E-state index contributed by atoms with van der Waals surface area (Å²) in [5.74, 6) is -1.11. The number of fused-ring (bicyclic) bond motifs is 2. The van der Waals surface area contributed by atoms with Gasteiger partial charge in [0.25, 0.3) is 5.91 Å². The molecule has 32 heavy (non-hydrogen) atoms. The molecule has 2 aliphatic rings. The molecule has 1 atom stereocenters. The van der Waals surface area contributed by atoms with E-state index in [1.54, 1.807) is 28.6 Å². The van der Waals surface area contributed by atoms with Crippen LogP contribution in [0.25, 0.3) is 5.69 Å². The summed E-state index contributed by atoms with van der Waals surface area (Å²) < 4.78 is 20.4. The number of halogens is 1. The fourth-order valence-corrected chi connectivity index (χ4v) is 4.79. The molecule has 7 heteroatoms. The van der Waals surface area contributed by atoms with Crippen LogP contribution in [0.15, 0.2) is 48.5 Å². The Morgan fingerprint density at radius 3 is 2.69 bits per heavy atom. The Bertz CT molecular complexity index is 1190. The van der Waals surface area contributed by atoms with E-state index in [0.717, 1.165) is 47.5 Å². The van der Waals surface area contributed by atoms with Crippen molar-refractivity contribution in [2.45, 2.75) is 38.5 Å². The quantitative estimate of drug-likeness (QED) is 0.579. The van der Waals surface area contributed by atoms with Gasteiger partial charge >= 0.3 is 5.97 Å². The van der Waals surface area contributed by atoms with Crippen molar-refractivity contribution < 1.29 is 18.7 Å². The maximum atomic E-state index is 13.7. The van der Waals surface area contributed by atoms with Gasteiger partial charge < -0.3 is 9.64 Å². The lowest BCUT2D eigenvalue weighted by Gasteiger charge is -2.33. The van der Waals surface area contributed by atoms with Crippen LogP contribution >= 0.6 is 0 Å². The minimum Gasteiger partial charge on any atom is -0.466 e. The molecule has 1 aromatic heterocycles. The molecule has 0 saturated heterocycles. The molecule has 0 bridgehead atoms. The molecule has 2 aromatic carbocycles. The first-order chi connectivity index (χ1) is 15.6. The normalized spacial score (nSPS) is 17.1. The lowest BCUT2D eigenvalue weighted by atomic mass is 9.89. The number of esters is 1. The molecule has 5 rings (SSSR count). The summed E-state index contributed by atoms with van der Waals surface area (Å²) in [5, 5.41) is 4.67. The van der Waals surface area contributed by atoms with Crippen LogP contribution in [-0.4, -0.2) is 34.8 Å². The molecule has 0 unspecified atom stereocenters. The van der Waals surface area contributed by atoms with E-state index in [0.29, 0.717) is 25.3 Å². The first kappa shape index (κ1) is 20.4. The zero-order valence-electron chi connectivity index (χ0n) is 17.9. The summed E-state index contributed by atoms with van der Waals surface area (Å²) in [6, 6.07) is 13.7. The van der Waals surface area contributed by atoms with Crippen molar-refractivity contribution in [2.75, 3.05) is 18.1 Å². The number of amides is 1. The average Bonchev–Trinajstić information content (AvgIpc) is 3.42. The fourth-order valence-electron chi connectivity index (χ4n) is 4.79. The lowest BCUT2D eigenvalue weighted by Crippen LogP contribution is -2.39.